The minimum atomic E-state index is -0.338. The Labute approximate surface area is 120 Å². The molecule has 0 heterocycles. The highest BCUT2D eigenvalue weighted by Crippen LogP contribution is 2.32. The second-order valence-corrected chi connectivity index (χ2v) is 6.51. The van der Waals surface area contributed by atoms with Crippen LogP contribution in [-0.2, 0) is 0 Å². The number of unbranched alkanes of at least 4 members (excludes halogenated alkanes) is 7. The Morgan fingerprint density at radius 2 is 1.47 bits per heavy atom. The average molecular weight is 269 g/mol. The molecule has 1 aliphatic carbocycles. The lowest BCUT2D eigenvalue weighted by Gasteiger charge is -2.36. The Hall–Kier alpha value is -0.0800. The molecule has 0 amide bonds. The average Bonchev–Trinajstić information content (AvgIpc) is 2.43. The molecule has 2 heteroatoms. The standard InChI is InChI=1S/C17H35NO/c1-3-4-5-6-7-8-9-10-13-17(19)14-11-16(18-2)12-15-17/h16,18-19H,3-15H2,1-2H3. The van der Waals surface area contributed by atoms with Crippen LogP contribution in [0.3, 0.4) is 0 Å². The van der Waals surface area contributed by atoms with Crippen LogP contribution >= 0.6 is 0 Å². The van der Waals surface area contributed by atoms with Crippen molar-refractivity contribution in [1.29, 1.82) is 0 Å². The van der Waals surface area contributed by atoms with E-state index in [1.54, 1.807) is 0 Å². The van der Waals surface area contributed by atoms with Crippen molar-refractivity contribution in [2.75, 3.05) is 7.05 Å². The van der Waals surface area contributed by atoms with Gasteiger partial charge in [0.25, 0.3) is 0 Å². The van der Waals surface area contributed by atoms with Crippen molar-refractivity contribution >= 4 is 0 Å². The van der Waals surface area contributed by atoms with Gasteiger partial charge in [0.15, 0.2) is 0 Å². The Balaban J connectivity index is 1.97. The van der Waals surface area contributed by atoms with E-state index in [4.69, 9.17) is 0 Å². The van der Waals surface area contributed by atoms with E-state index in [1.165, 1.54) is 51.4 Å². The van der Waals surface area contributed by atoms with Crippen molar-refractivity contribution in [2.24, 2.45) is 0 Å². The summed E-state index contributed by atoms with van der Waals surface area (Å²) >= 11 is 0. The Bertz CT molecular complexity index is 209. The minimum absolute atomic E-state index is 0.338. The quantitative estimate of drug-likeness (QED) is 0.576. The normalized spacial score (nSPS) is 27.6. The summed E-state index contributed by atoms with van der Waals surface area (Å²) in [5, 5.41) is 13.9. The third-order valence-corrected chi connectivity index (χ3v) is 4.82. The highest BCUT2D eigenvalue weighted by atomic mass is 16.3. The summed E-state index contributed by atoms with van der Waals surface area (Å²) in [6.07, 6.45) is 16.1. The monoisotopic (exact) mass is 269 g/mol. The smallest absolute Gasteiger partial charge is 0.0649 e. The first kappa shape index (κ1) is 17.0. The third kappa shape index (κ3) is 7.31. The van der Waals surface area contributed by atoms with Gasteiger partial charge < -0.3 is 10.4 Å². The molecule has 1 aliphatic rings. The van der Waals surface area contributed by atoms with Gasteiger partial charge in [-0.2, -0.15) is 0 Å². The molecule has 0 spiro atoms. The summed E-state index contributed by atoms with van der Waals surface area (Å²) in [6.45, 7) is 2.27. The van der Waals surface area contributed by atoms with Crippen molar-refractivity contribution < 1.29 is 5.11 Å². The van der Waals surface area contributed by atoms with Crippen LogP contribution in [0.15, 0.2) is 0 Å². The van der Waals surface area contributed by atoms with Crippen LogP contribution in [0, 0.1) is 0 Å². The summed E-state index contributed by atoms with van der Waals surface area (Å²) in [5.41, 5.74) is -0.338. The van der Waals surface area contributed by atoms with Gasteiger partial charge in [0.05, 0.1) is 5.60 Å². The lowest BCUT2D eigenvalue weighted by Crippen LogP contribution is -2.40. The Kier molecular flexibility index (Phi) is 8.72. The number of hydrogen-bond donors (Lipinski definition) is 2. The third-order valence-electron chi connectivity index (χ3n) is 4.82. The van der Waals surface area contributed by atoms with E-state index in [-0.39, 0.29) is 5.60 Å². The van der Waals surface area contributed by atoms with Gasteiger partial charge in [-0.15, -0.1) is 0 Å². The zero-order valence-corrected chi connectivity index (χ0v) is 13.2. The topological polar surface area (TPSA) is 32.3 Å². The molecule has 0 bridgehead atoms. The van der Waals surface area contributed by atoms with Gasteiger partial charge in [-0.25, -0.2) is 0 Å². The van der Waals surface area contributed by atoms with Crippen molar-refractivity contribution in [3.05, 3.63) is 0 Å². The van der Waals surface area contributed by atoms with Crippen LogP contribution < -0.4 is 5.32 Å². The second kappa shape index (κ2) is 9.77. The van der Waals surface area contributed by atoms with Gasteiger partial charge >= 0.3 is 0 Å². The van der Waals surface area contributed by atoms with Gasteiger partial charge in [0.1, 0.15) is 0 Å². The van der Waals surface area contributed by atoms with Crippen LogP contribution in [0.4, 0.5) is 0 Å². The molecule has 0 aliphatic heterocycles. The first-order valence-corrected chi connectivity index (χ1v) is 8.60. The zero-order chi connectivity index (χ0) is 14.0. The summed E-state index contributed by atoms with van der Waals surface area (Å²) in [7, 11) is 2.04. The van der Waals surface area contributed by atoms with Gasteiger partial charge in [-0.3, -0.25) is 0 Å². The van der Waals surface area contributed by atoms with E-state index in [1.807, 2.05) is 7.05 Å². The summed E-state index contributed by atoms with van der Waals surface area (Å²) < 4.78 is 0. The molecule has 2 N–H and O–H groups in total. The number of hydrogen-bond acceptors (Lipinski definition) is 2. The van der Waals surface area contributed by atoms with E-state index >= 15 is 0 Å². The maximum atomic E-state index is 10.5. The van der Waals surface area contributed by atoms with Gasteiger partial charge in [0.2, 0.25) is 0 Å². The molecular weight excluding hydrogens is 234 g/mol. The number of nitrogens with one attached hydrogen (secondary N) is 1. The number of aliphatic hydroxyl groups is 1. The predicted octanol–water partition coefficient (Wildman–Crippen LogP) is 4.41. The fraction of sp³-hybridized carbons (Fsp3) is 1.00. The van der Waals surface area contributed by atoms with Crippen molar-refractivity contribution in [3.63, 3.8) is 0 Å². The fourth-order valence-electron chi connectivity index (χ4n) is 3.28. The fourth-order valence-corrected chi connectivity index (χ4v) is 3.28. The molecule has 0 unspecified atom stereocenters. The van der Waals surface area contributed by atoms with E-state index in [9.17, 15) is 5.11 Å². The maximum absolute atomic E-state index is 10.5. The van der Waals surface area contributed by atoms with Gasteiger partial charge in [-0.1, -0.05) is 58.3 Å². The molecular formula is C17H35NO. The van der Waals surface area contributed by atoms with Crippen molar-refractivity contribution in [3.8, 4) is 0 Å². The minimum Gasteiger partial charge on any atom is -0.390 e. The van der Waals surface area contributed by atoms with Crippen LogP contribution in [0.25, 0.3) is 0 Å². The predicted molar refractivity (Wildman–Crippen MR) is 83.5 cm³/mol. The largest absolute Gasteiger partial charge is 0.390 e. The van der Waals surface area contributed by atoms with Crippen LogP contribution in [0.5, 0.6) is 0 Å². The second-order valence-electron chi connectivity index (χ2n) is 6.51. The number of rotatable bonds is 10. The molecule has 114 valence electrons. The van der Waals surface area contributed by atoms with Crippen molar-refractivity contribution in [1.82, 2.24) is 5.32 Å². The molecule has 0 aromatic rings. The molecule has 0 aromatic heterocycles. The van der Waals surface area contributed by atoms with Crippen LogP contribution in [-0.4, -0.2) is 23.8 Å². The van der Waals surface area contributed by atoms with E-state index in [0.29, 0.717) is 6.04 Å². The highest BCUT2D eigenvalue weighted by molar-refractivity contribution is 4.87. The Morgan fingerprint density at radius 1 is 0.947 bits per heavy atom. The lowest BCUT2D eigenvalue weighted by atomic mass is 9.79. The molecule has 0 atom stereocenters. The van der Waals surface area contributed by atoms with Crippen LogP contribution in [0.2, 0.25) is 0 Å². The molecule has 2 nitrogen and oxygen atoms in total. The van der Waals surface area contributed by atoms with Crippen molar-refractivity contribution in [2.45, 2.75) is 102 Å². The molecule has 19 heavy (non-hydrogen) atoms. The zero-order valence-electron chi connectivity index (χ0n) is 13.2. The van der Waals surface area contributed by atoms with Gasteiger partial charge in [0, 0.05) is 6.04 Å². The van der Waals surface area contributed by atoms with Gasteiger partial charge in [-0.05, 0) is 39.2 Å². The summed E-state index contributed by atoms with van der Waals surface area (Å²) in [6, 6.07) is 0.638. The molecule has 1 saturated carbocycles. The molecule has 1 rings (SSSR count). The summed E-state index contributed by atoms with van der Waals surface area (Å²) in [4.78, 5) is 0. The summed E-state index contributed by atoms with van der Waals surface area (Å²) in [5.74, 6) is 0. The first-order valence-electron chi connectivity index (χ1n) is 8.60. The van der Waals surface area contributed by atoms with E-state index < -0.39 is 0 Å². The van der Waals surface area contributed by atoms with E-state index in [2.05, 4.69) is 12.2 Å². The first-order chi connectivity index (χ1) is 9.20. The highest BCUT2D eigenvalue weighted by Gasteiger charge is 2.31. The van der Waals surface area contributed by atoms with Crippen LogP contribution in [0.1, 0.15) is 90.4 Å². The Morgan fingerprint density at radius 3 is 2.00 bits per heavy atom. The molecule has 0 radical (unpaired) electrons. The SMILES string of the molecule is CCCCCCCCCCC1(O)CCC(NC)CC1. The maximum Gasteiger partial charge on any atom is 0.0649 e. The lowest BCUT2D eigenvalue weighted by molar-refractivity contribution is -0.0124. The molecule has 0 aromatic carbocycles. The molecule has 1 fully saturated rings. The molecule has 0 saturated heterocycles. The van der Waals surface area contributed by atoms with E-state index in [0.717, 1.165) is 32.1 Å².